The molecule has 0 aliphatic heterocycles. The molecule has 0 spiro atoms. The first-order chi connectivity index (χ1) is 8.45. The Labute approximate surface area is 103 Å². The van der Waals surface area contributed by atoms with Gasteiger partial charge in [0.15, 0.2) is 0 Å². The second kappa shape index (κ2) is 6.00. The first-order valence-electron chi connectivity index (χ1n) is 5.48. The summed E-state index contributed by atoms with van der Waals surface area (Å²) in [7, 11) is 0. The highest BCUT2D eigenvalue weighted by atomic mass is 19.1. The Morgan fingerprint density at radius 2 is 2.11 bits per heavy atom. The average molecular weight is 255 g/mol. The second-order valence-corrected chi connectivity index (χ2v) is 3.81. The molecule has 6 heteroatoms. The van der Waals surface area contributed by atoms with Gasteiger partial charge in [-0.2, -0.15) is 0 Å². The Morgan fingerprint density at radius 1 is 1.44 bits per heavy atom. The van der Waals surface area contributed by atoms with E-state index in [2.05, 4.69) is 5.32 Å². The van der Waals surface area contributed by atoms with Gasteiger partial charge >= 0.3 is 5.97 Å². The molecule has 0 unspecified atom stereocenters. The molecule has 0 bridgehead atoms. The number of halogens is 1. The summed E-state index contributed by atoms with van der Waals surface area (Å²) >= 11 is 0. The molecule has 1 aromatic rings. The highest BCUT2D eigenvalue weighted by Gasteiger charge is 2.21. The molecule has 0 aliphatic rings. The van der Waals surface area contributed by atoms with Crippen LogP contribution in [0, 0.1) is 5.82 Å². The fourth-order valence-electron chi connectivity index (χ4n) is 1.48. The molecule has 0 heterocycles. The van der Waals surface area contributed by atoms with Crippen molar-refractivity contribution in [2.45, 2.75) is 25.8 Å². The first-order valence-corrected chi connectivity index (χ1v) is 5.48. The number of phenols is 1. The van der Waals surface area contributed by atoms with Crippen molar-refractivity contribution in [3.63, 3.8) is 0 Å². The number of nitrogens with one attached hydrogen (secondary N) is 1. The molecule has 0 fully saturated rings. The summed E-state index contributed by atoms with van der Waals surface area (Å²) in [5, 5.41) is 20.5. The molecule has 1 amide bonds. The smallest absolute Gasteiger partial charge is 0.326 e. The van der Waals surface area contributed by atoms with Gasteiger partial charge in [-0.1, -0.05) is 13.3 Å². The second-order valence-electron chi connectivity index (χ2n) is 3.81. The highest BCUT2D eigenvalue weighted by Crippen LogP contribution is 2.18. The van der Waals surface area contributed by atoms with Crippen molar-refractivity contribution in [3.05, 3.63) is 29.6 Å². The molecule has 1 aromatic carbocycles. The maximum Gasteiger partial charge on any atom is 0.326 e. The number of carboxylic acid groups (broad SMARTS) is 1. The minimum absolute atomic E-state index is 0.154. The van der Waals surface area contributed by atoms with E-state index in [1.54, 1.807) is 6.92 Å². The lowest BCUT2D eigenvalue weighted by Gasteiger charge is -2.14. The number of carbonyl (C=O) groups excluding carboxylic acids is 1. The van der Waals surface area contributed by atoms with Gasteiger partial charge in [-0.3, -0.25) is 4.79 Å². The number of carboxylic acids is 1. The fraction of sp³-hybridized carbons (Fsp3) is 0.333. The molecule has 0 saturated heterocycles. The van der Waals surface area contributed by atoms with E-state index < -0.39 is 29.5 Å². The van der Waals surface area contributed by atoms with E-state index in [-0.39, 0.29) is 12.0 Å². The quantitative estimate of drug-likeness (QED) is 0.744. The third kappa shape index (κ3) is 3.44. The zero-order chi connectivity index (χ0) is 13.7. The summed E-state index contributed by atoms with van der Waals surface area (Å²) in [4.78, 5) is 22.6. The van der Waals surface area contributed by atoms with Crippen molar-refractivity contribution in [1.82, 2.24) is 5.32 Å². The molecule has 0 aromatic heterocycles. The number of hydrogen-bond acceptors (Lipinski definition) is 3. The van der Waals surface area contributed by atoms with E-state index in [0.717, 1.165) is 18.2 Å². The summed E-state index contributed by atoms with van der Waals surface area (Å²) in [6, 6.07) is 1.89. The van der Waals surface area contributed by atoms with Crippen molar-refractivity contribution >= 4 is 11.9 Å². The molecule has 1 rings (SSSR count). The van der Waals surface area contributed by atoms with E-state index in [0.29, 0.717) is 6.42 Å². The number of benzene rings is 1. The lowest BCUT2D eigenvalue weighted by molar-refractivity contribution is -0.139. The monoisotopic (exact) mass is 255 g/mol. The molecule has 5 nitrogen and oxygen atoms in total. The third-order valence-corrected chi connectivity index (χ3v) is 2.39. The SMILES string of the molecule is CCC[C@@H](NC(=O)c1ccc(F)cc1O)C(=O)O. The summed E-state index contributed by atoms with van der Waals surface area (Å²) in [6.45, 7) is 1.79. The Bertz CT molecular complexity index is 461. The lowest BCUT2D eigenvalue weighted by atomic mass is 10.1. The molecule has 0 radical (unpaired) electrons. The summed E-state index contributed by atoms with van der Waals surface area (Å²) in [6.07, 6.45) is 0.871. The van der Waals surface area contributed by atoms with Gasteiger partial charge in [-0.15, -0.1) is 0 Å². The number of aromatic hydroxyl groups is 1. The lowest BCUT2D eigenvalue weighted by Crippen LogP contribution is -2.40. The maximum atomic E-state index is 12.7. The Balaban J connectivity index is 2.83. The van der Waals surface area contributed by atoms with Crippen LogP contribution < -0.4 is 5.32 Å². The fourth-order valence-corrected chi connectivity index (χ4v) is 1.48. The first kappa shape index (κ1) is 14.0. The van der Waals surface area contributed by atoms with Gasteiger partial charge in [0.25, 0.3) is 5.91 Å². The molecule has 3 N–H and O–H groups in total. The minimum Gasteiger partial charge on any atom is -0.507 e. The van der Waals surface area contributed by atoms with Crippen molar-refractivity contribution in [1.29, 1.82) is 0 Å². The van der Waals surface area contributed by atoms with Crippen LogP contribution in [0.5, 0.6) is 5.75 Å². The van der Waals surface area contributed by atoms with Gasteiger partial charge in [0.05, 0.1) is 5.56 Å². The van der Waals surface area contributed by atoms with Crippen LogP contribution in [0.4, 0.5) is 4.39 Å². The van der Waals surface area contributed by atoms with Crippen LogP contribution in [-0.2, 0) is 4.79 Å². The van der Waals surface area contributed by atoms with Crippen LogP contribution in [0.2, 0.25) is 0 Å². The number of aliphatic carboxylic acids is 1. The van der Waals surface area contributed by atoms with Gasteiger partial charge in [-0.25, -0.2) is 9.18 Å². The Hall–Kier alpha value is -2.11. The van der Waals surface area contributed by atoms with Crippen molar-refractivity contribution in [3.8, 4) is 5.75 Å². The van der Waals surface area contributed by atoms with E-state index in [1.807, 2.05) is 0 Å². The van der Waals surface area contributed by atoms with Gasteiger partial charge in [-0.05, 0) is 18.6 Å². The third-order valence-electron chi connectivity index (χ3n) is 2.39. The van der Waals surface area contributed by atoms with Crippen molar-refractivity contribution in [2.24, 2.45) is 0 Å². The molecular weight excluding hydrogens is 241 g/mol. The van der Waals surface area contributed by atoms with Crippen LogP contribution in [0.25, 0.3) is 0 Å². The van der Waals surface area contributed by atoms with E-state index in [9.17, 15) is 19.1 Å². The number of phenolic OH excluding ortho intramolecular Hbond substituents is 1. The molecular formula is C12H14FNO4. The zero-order valence-electron chi connectivity index (χ0n) is 9.81. The van der Waals surface area contributed by atoms with E-state index in [4.69, 9.17) is 5.11 Å². The number of carbonyl (C=O) groups is 2. The van der Waals surface area contributed by atoms with Gasteiger partial charge in [0.1, 0.15) is 17.6 Å². The molecule has 98 valence electrons. The average Bonchev–Trinajstić information content (AvgIpc) is 2.27. The summed E-state index contributed by atoms with van der Waals surface area (Å²) < 4.78 is 12.7. The van der Waals surface area contributed by atoms with Gasteiger partial charge in [0.2, 0.25) is 0 Å². The van der Waals surface area contributed by atoms with Gasteiger partial charge in [0, 0.05) is 6.07 Å². The predicted molar refractivity (Wildman–Crippen MR) is 61.9 cm³/mol. The van der Waals surface area contributed by atoms with Crippen LogP contribution in [-0.4, -0.2) is 28.1 Å². The van der Waals surface area contributed by atoms with Crippen LogP contribution >= 0.6 is 0 Å². The maximum absolute atomic E-state index is 12.7. The topological polar surface area (TPSA) is 86.6 Å². The minimum atomic E-state index is -1.15. The molecule has 0 aliphatic carbocycles. The molecule has 18 heavy (non-hydrogen) atoms. The molecule has 0 saturated carbocycles. The predicted octanol–water partition coefficient (Wildman–Crippen LogP) is 1.51. The number of rotatable bonds is 5. The number of amides is 1. The van der Waals surface area contributed by atoms with Crippen molar-refractivity contribution in [2.75, 3.05) is 0 Å². The highest BCUT2D eigenvalue weighted by molar-refractivity contribution is 5.98. The normalized spacial score (nSPS) is 11.9. The summed E-state index contributed by atoms with van der Waals surface area (Å²) in [5.41, 5.74) is -0.154. The number of hydrogen-bond donors (Lipinski definition) is 3. The van der Waals surface area contributed by atoms with Crippen molar-refractivity contribution < 1.29 is 24.2 Å². The standard InChI is InChI=1S/C12H14FNO4/c1-2-3-9(12(17)18)14-11(16)8-5-4-7(13)6-10(8)15/h4-6,9,15H,2-3H2,1H3,(H,14,16)(H,17,18)/t9-/m1/s1. The Morgan fingerprint density at radius 3 is 2.61 bits per heavy atom. The van der Waals surface area contributed by atoms with Crippen LogP contribution in [0.3, 0.4) is 0 Å². The van der Waals surface area contributed by atoms with E-state index in [1.165, 1.54) is 0 Å². The van der Waals surface area contributed by atoms with Crippen LogP contribution in [0.1, 0.15) is 30.1 Å². The summed E-state index contributed by atoms with van der Waals surface area (Å²) in [5.74, 6) is -3.08. The van der Waals surface area contributed by atoms with E-state index >= 15 is 0 Å². The zero-order valence-corrected chi connectivity index (χ0v) is 9.81. The van der Waals surface area contributed by atoms with Gasteiger partial charge < -0.3 is 15.5 Å². The van der Waals surface area contributed by atoms with Crippen LogP contribution in [0.15, 0.2) is 18.2 Å². The largest absolute Gasteiger partial charge is 0.507 e. The Kier molecular flexibility index (Phi) is 4.65. The molecule has 1 atom stereocenters.